The molecule has 7 nitrogen and oxygen atoms in total. The first-order chi connectivity index (χ1) is 16.0. The number of rotatable bonds is 4. The molecular weight excluding hydrogens is 414 g/mol. The van der Waals surface area contributed by atoms with Crippen LogP contribution in [0.15, 0.2) is 30.5 Å². The number of fused-ring (bicyclic) bond motifs is 1. The van der Waals surface area contributed by atoms with E-state index in [1.54, 1.807) is 6.20 Å². The zero-order valence-electron chi connectivity index (χ0n) is 19.6. The molecule has 0 bridgehead atoms. The molecule has 3 aromatic rings. The average Bonchev–Trinajstić information content (AvgIpc) is 3.52. The van der Waals surface area contributed by atoms with Crippen LogP contribution < -0.4 is 0 Å². The number of hydrogen-bond donors (Lipinski definition) is 2. The van der Waals surface area contributed by atoms with Crippen molar-refractivity contribution in [3.63, 3.8) is 0 Å². The maximum atomic E-state index is 13.2. The number of carbonyl (C=O) groups is 2. The van der Waals surface area contributed by atoms with E-state index in [1.165, 1.54) is 19.3 Å². The Kier molecular flexibility index (Phi) is 5.96. The van der Waals surface area contributed by atoms with E-state index < -0.39 is 0 Å². The highest BCUT2D eigenvalue weighted by atomic mass is 16.2. The highest BCUT2D eigenvalue weighted by Gasteiger charge is 2.31. The van der Waals surface area contributed by atoms with Crippen LogP contribution in [0.4, 0.5) is 0 Å². The van der Waals surface area contributed by atoms with Gasteiger partial charge in [-0.3, -0.25) is 14.7 Å². The third kappa shape index (κ3) is 4.16. The van der Waals surface area contributed by atoms with Crippen LogP contribution in [0.1, 0.15) is 83.0 Å². The van der Waals surface area contributed by atoms with E-state index in [4.69, 9.17) is 0 Å². The average molecular weight is 448 g/mol. The first-order valence-corrected chi connectivity index (χ1v) is 12.2. The summed E-state index contributed by atoms with van der Waals surface area (Å²) in [5, 5.41) is 8.42. The summed E-state index contributed by atoms with van der Waals surface area (Å²) in [6.45, 7) is 3.40. The second kappa shape index (κ2) is 9.04. The molecule has 3 heterocycles. The number of aromatic amines is 2. The smallest absolute Gasteiger partial charge is 0.270 e. The van der Waals surface area contributed by atoms with Crippen LogP contribution >= 0.6 is 0 Å². The molecule has 0 unspecified atom stereocenters. The summed E-state index contributed by atoms with van der Waals surface area (Å²) in [5.74, 6) is 0.319. The predicted octanol–water partition coefficient (Wildman–Crippen LogP) is 4.62. The highest BCUT2D eigenvalue weighted by Crippen LogP contribution is 2.31. The molecule has 1 aliphatic heterocycles. The molecule has 0 spiro atoms. The van der Waals surface area contributed by atoms with Gasteiger partial charge >= 0.3 is 0 Å². The van der Waals surface area contributed by atoms with E-state index in [2.05, 4.69) is 28.2 Å². The summed E-state index contributed by atoms with van der Waals surface area (Å²) in [6.07, 6.45) is 9.16. The molecule has 1 aromatic carbocycles. The van der Waals surface area contributed by atoms with Gasteiger partial charge in [0.05, 0.1) is 17.5 Å². The number of aryl methyl sites for hydroxylation is 1. The van der Waals surface area contributed by atoms with Crippen molar-refractivity contribution in [3.8, 4) is 0 Å². The molecule has 7 heteroatoms. The van der Waals surface area contributed by atoms with Crippen LogP contribution in [0, 0.1) is 6.92 Å². The lowest BCUT2D eigenvalue weighted by Gasteiger charge is -2.33. The maximum absolute atomic E-state index is 13.2. The van der Waals surface area contributed by atoms with Gasteiger partial charge in [0.2, 0.25) is 0 Å². The Labute approximate surface area is 194 Å². The van der Waals surface area contributed by atoms with Gasteiger partial charge < -0.3 is 14.8 Å². The molecule has 1 aliphatic carbocycles. The number of carbonyl (C=O) groups excluding carboxylic acids is 2. The maximum Gasteiger partial charge on any atom is 0.270 e. The fraction of sp³-hybridized carbons (Fsp3) is 0.500. The Balaban J connectivity index is 1.25. The van der Waals surface area contributed by atoms with Gasteiger partial charge in [0.25, 0.3) is 11.8 Å². The lowest BCUT2D eigenvalue weighted by molar-refractivity contribution is 0.0680. The Morgan fingerprint density at radius 3 is 2.58 bits per heavy atom. The minimum absolute atomic E-state index is 0.0435. The van der Waals surface area contributed by atoms with E-state index >= 15 is 0 Å². The van der Waals surface area contributed by atoms with Crippen molar-refractivity contribution in [2.45, 2.75) is 63.8 Å². The van der Waals surface area contributed by atoms with Gasteiger partial charge in [-0.25, -0.2) is 0 Å². The molecule has 174 valence electrons. The van der Waals surface area contributed by atoms with Gasteiger partial charge in [-0.2, -0.15) is 5.10 Å². The molecule has 0 radical (unpaired) electrons. The van der Waals surface area contributed by atoms with Crippen LogP contribution in [0.25, 0.3) is 10.9 Å². The second-order valence-corrected chi connectivity index (χ2v) is 9.69. The van der Waals surface area contributed by atoms with E-state index in [0.717, 1.165) is 47.8 Å². The number of nitrogens with one attached hydrogen (secondary N) is 2. The quantitative estimate of drug-likeness (QED) is 0.612. The fourth-order valence-electron chi connectivity index (χ4n) is 5.57. The number of benzene rings is 1. The van der Waals surface area contributed by atoms with Gasteiger partial charge in [0.15, 0.2) is 0 Å². The molecule has 2 fully saturated rings. The highest BCUT2D eigenvalue weighted by molar-refractivity contribution is 5.99. The summed E-state index contributed by atoms with van der Waals surface area (Å²) >= 11 is 0. The molecule has 2 aliphatic rings. The number of aromatic nitrogens is 3. The molecule has 1 saturated carbocycles. The van der Waals surface area contributed by atoms with Crippen molar-refractivity contribution in [3.05, 3.63) is 53.0 Å². The van der Waals surface area contributed by atoms with E-state index in [9.17, 15) is 9.59 Å². The molecule has 33 heavy (non-hydrogen) atoms. The van der Waals surface area contributed by atoms with Crippen molar-refractivity contribution in [1.82, 2.24) is 25.0 Å². The van der Waals surface area contributed by atoms with Crippen LogP contribution in [-0.4, -0.2) is 63.0 Å². The Hall–Kier alpha value is -3.09. The van der Waals surface area contributed by atoms with Crippen molar-refractivity contribution in [2.24, 2.45) is 0 Å². The standard InChI is InChI=1S/C26H33N5O2/c1-17-7-6-10-22-20(17)15-23(28-22)26(33)31-13-11-18(12-14-31)24-21(16-27-29-24)25(32)30(2)19-8-4-3-5-9-19/h6-7,10,15-16,18-19,28H,3-5,8-9,11-14H2,1-2H3,(H,27,29). The molecule has 2 N–H and O–H groups in total. The number of amides is 2. The molecule has 0 atom stereocenters. The van der Waals surface area contributed by atoms with Crippen molar-refractivity contribution < 1.29 is 9.59 Å². The van der Waals surface area contributed by atoms with Crippen LogP contribution in [0.2, 0.25) is 0 Å². The number of likely N-dealkylation sites (tertiary alicyclic amines) is 1. The van der Waals surface area contributed by atoms with Gasteiger partial charge in [-0.15, -0.1) is 0 Å². The molecule has 2 amide bonds. The minimum Gasteiger partial charge on any atom is -0.351 e. The minimum atomic E-state index is 0.0435. The summed E-state index contributed by atoms with van der Waals surface area (Å²) in [7, 11) is 1.93. The number of H-pyrrole nitrogens is 2. The lowest BCUT2D eigenvalue weighted by Crippen LogP contribution is -2.40. The SMILES string of the molecule is Cc1cccc2[nH]c(C(=O)N3CCC(c4[nH]ncc4C(=O)N(C)C4CCCCC4)CC3)cc12. The van der Waals surface area contributed by atoms with Crippen LogP contribution in [0.5, 0.6) is 0 Å². The van der Waals surface area contributed by atoms with Gasteiger partial charge in [0, 0.05) is 43.0 Å². The van der Waals surface area contributed by atoms with Crippen LogP contribution in [0.3, 0.4) is 0 Å². The molecule has 1 saturated heterocycles. The zero-order valence-corrected chi connectivity index (χ0v) is 19.6. The normalized spacial score (nSPS) is 18.1. The van der Waals surface area contributed by atoms with Gasteiger partial charge in [-0.05, 0) is 50.3 Å². The Morgan fingerprint density at radius 2 is 1.85 bits per heavy atom. The molecule has 2 aromatic heterocycles. The Morgan fingerprint density at radius 1 is 1.09 bits per heavy atom. The largest absolute Gasteiger partial charge is 0.351 e. The fourth-order valence-corrected chi connectivity index (χ4v) is 5.57. The third-order valence-electron chi connectivity index (χ3n) is 7.64. The topological polar surface area (TPSA) is 85.1 Å². The number of hydrogen-bond acceptors (Lipinski definition) is 3. The van der Waals surface area contributed by atoms with Gasteiger partial charge in [-0.1, -0.05) is 31.4 Å². The summed E-state index contributed by atoms with van der Waals surface area (Å²) in [5.41, 5.74) is 4.42. The zero-order chi connectivity index (χ0) is 22.9. The monoisotopic (exact) mass is 447 g/mol. The van der Waals surface area contributed by atoms with Gasteiger partial charge in [0.1, 0.15) is 5.69 Å². The van der Waals surface area contributed by atoms with Crippen molar-refractivity contribution in [1.29, 1.82) is 0 Å². The van der Waals surface area contributed by atoms with Crippen molar-refractivity contribution >= 4 is 22.7 Å². The number of piperidine rings is 1. The van der Waals surface area contributed by atoms with E-state index in [-0.39, 0.29) is 17.7 Å². The lowest BCUT2D eigenvalue weighted by atomic mass is 9.90. The second-order valence-electron chi connectivity index (χ2n) is 9.69. The number of nitrogens with zero attached hydrogens (tertiary/aromatic N) is 3. The summed E-state index contributed by atoms with van der Waals surface area (Å²) in [6, 6.07) is 8.36. The van der Waals surface area contributed by atoms with E-state index in [1.807, 2.05) is 35.0 Å². The predicted molar refractivity (Wildman–Crippen MR) is 128 cm³/mol. The molecular formula is C26H33N5O2. The van der Waals surface area contributed by atoms with E-state index in [0.29, 0.717) is 30.4 Å². The van der Waals surface area contributed by atoms with Crippen molar-refractivity contribution in [2.75, 3.05) is 20.1 Å². The van der Waals surface area contributed by atoms with Crippen LogP contribution in [-0.2, 0) is 0 Å². The third-order valence-corrected chi connectivity index (χ3v) is 7.64. The summed E-state index contributed by atoms with van der Waals surface area (Å²) in [4.78, 5) is 33.5. The summed E-state index contributed by atoms with van der Waals surface area (Å²) < 4.78 is 0. The first-order valence-electron chi connectivity index (χ1n) is 12.2. The molecule has 5 rings (SSSR count). The first kappa shape index (κ1) is 21.7. The Bertz CT molecular complexity index is 1150.